The number of pyridine rings is 2. The predicted octanol–water partition coefficient (Wildman–Crippen LogP) is 3.41. The van der Waals surface area contributed by atoms with E-state index in [9.17, 15) is 5.11 Å². The molecule has 4 heterocycles. The molecule has 0 spiro atoms. The number of aromatic nitrogens is 3. The van der Waals surface area contributed by atoms with Crippen molar-refractivity contribution < 1.29 is 5.11 Å². The Balaban J connectivity index is 1.74. The van der Waals surface area contributed by atoms with Crippen LogP contribution < -0.4 is 5.32 Å². The van der Waals surface area contributed by atoms with E-state index in [4.69, 9.17) is 11.6 Å². The highest BCUT2D eigenvalue weighted by Crippen LogP contribution is 2.39. The smallest absolute Gasteiger partial charge is 0.140 e. The fourth-order valence-electron chi connectivity index (χ4n) is 4.10. The van der Waals surface area contributed by atoms with Gasteiger partial charge < -0.3 is 15.0 Å². The Labute approximate surface area is 158 Å². The van der Waals surface area contributed by atoms with Gasteiger partial charge in [0.15, 0.2) is 0 Å². The third-order valence-electron chi connectivity index (χ3n) is 5.40. The van der Waals surface area contributed by atoms with E-state index in [-0.39, 0.29) is 5.92 Å². The lowest BCUT2D eigenvalue weighted by atomic mass is 9.82. The largest absolute Gasteiger partial charge is 0.385 e. The number of rotatable bonds is 3. The Bertz CT molecular complexity index is 962. The van der Waals surface area contributed by atoms with E-state index in [1.165, 1.54) is 11.3 Å². The first-order chi connectivity index (χ1) is 12.4. The number of nitrogens with zero attached hydrogens (tertiary/aromatic N) is 3. The summed E-state index contributed by atoms with van der Waals surface area (Å²) < 4.78 is 2.15. The summed E-state index contributed by atoms with van der Waals surface area (Å²) in [7, 11) is 2.04. The molecule has 0 amide bonds. The maximum atomic E-state index is 11.2. The van der Waals surface area contributed by atoms with Gasteiger partial charge in [-0.15, -0.1) is 0 Å². The molecule has 3 aromatic rings. The normalized spacial score (nSPS) is 19.3. The Kier molecular flexibility index (Phi) is 4.26. The molecular formula is C20H23ClN4O. The van der Waals surface area contributed by atoms with Crippen molar-refractivity contribution in [2.45, 2.75) is 38.3 Å². The van der Waals surface area contributed by atoms with E-state index in [1.54, 1.807) is 12.4 Å². The van der Waals surface area contributed by atoms with E-state index in [0.29, 0.717) is 11.4 Å². The number of fused-ring (bicyclic) bond motifs is 3. The lowest BCUT2D eigenvalue weighted by molar-refractivity contribution is 0.0380. The Hall–Kier alpha value is -1.95. The van der Waals surface area contributed by atoms with Crippen molar-refractivity contribution in [3.8, 4) is 0 Å². The number of nitrogens with one attached hydrogen (secondary N) is 1. The summed E-state index contributed by atoms with van der Waals surface area (Å²) in [5.41, 5.74) is 4.23. The van der Waals surface area contributed by atoms with Crippen LogP contribution in [0.25, 0.3) is 11.0 Å². The maximum Gasteiger partial charge on any atom is 0.140 e. The fourth-order valence-corrected chi connectivity index (χ4v) is 4.26. The van der Waals surface area contributed by atoms with Crippen LogP contribution in [0.4, 0.5) is 0 Å². The van der Waals surface area contributed by atoms with E-state index < -0.39 is 5.60 Å². The zero-order chi connectivity index (χ0) is 18.5. The van der Waals surface area contributed by atoms with Crippen molar-refractivity contribution in [3.05, 3.63) is 58.1 Å². The van der Waals surface area contributed by atoms with Gasteiger partial charge in [0, 0.05) is 60.8 Å². The third-order valence-corrected chi connectivity index (χ3v) is 5.61. The van der Waals surface area contributed by atoms with Gasteiger partial charge in [0.2, 0.25) is 0 Å². The fraction of sp³-hybridized carbons (Fsp3) is 0.400. The summed E-state index contributed by atoms with van der Waals surface area (Å²) in [4.78, 5) is 8.85. The average Bonchev–Trinajstić information content (AvgIpc) is 2.88. The summed E-state index contributed by atoms with van der Waals surface area (Å²) in [5.74, 6) is 0.174. The highest BCUT2D eigenvalue weighted by Gasteiger charge is 2.34. The summed E-state index contributed by atoms with van der Waals surface area (Å²) in [6, 6.07) is 5.88. The van der Waals surface area contributed by atoms with Crippen molar-refractivity contribution in [1.82, 2.24) is 19.9 Å². The number of hydrogen-bond donors (Lipinski definition) is 2. The highest BCUT2D eigenvalue weighted by molar-refractivity contribution is 6.31. The SMILES string of the molecule is Cc1ccc(C(C)(O)CC2CNCc3c2n(C)c2ncc(Cl)cc32)cn1. The molecular weight excluding hydrogens is 348 g/mol. The molecule has 0 fully saturated rings. The van der Waals surface area contributed by atoms with Gasteiger partial charge in [-0.25, -0.2) is 4.98 Å². The van der Waals surface area contributed by atoms with Crippen LogP contribution in [0, 0.1) is 6.92 Å². The molecule has 0 radical (unpaired) electrons. The van der Waals surface area contributed by atoms with Gasteiger partial charge >= 0.3 is 0 Å². The van der Waals surface area contributed by atoms with Crippen LogP contribution in [-0.2, 0) is 19.2 Å². The van der Waals surface area contributed by atoms with Crippen molar-refractivity contribution in [2.75, 3.05) is 6.54 Å². The van der Waals surface area contributed by atoms with Gasteiger partial charge in [-0.05, 0) is 38.0 Å². The van der Waals surface area contributed by atoms with Gasteiger partial charge in [0.25, 0.3) is 0 Å². The molecule has 0 aromatic carbocycles. The van der Waals surface area contributed by atoms with Crippen LogP contribution in [0.2, 0.25) is 5.02 Å². The number of halogens is 1. The standard InChI is InChI=1S/C20H23ClN4O/c1-12-4-5-14(9-23-12)20(2,26)7-13-8-22-11-17-16-6-15(21)10-24-19(16)25(3)18(13)17/h4-6,9-10,13,22,26H,7-8,11H2,1-3H3. The zero-order valence-corrected chi connectivity index (χ0v) is 16.0. The first kappa shape index (κ1) is 17.5. The van der Waals surface area contributed by atoms with Crippen molar-refractivity contribution in [2.24, 2.45) is 7.05 Å². The van der Waals surface area contributed by atoms with Crippen molar-refractivity contribution in [1.29, 1.82) is 0 Å². The minimum atomic E-state index is -0.955. The van der Waals surface area contributed by atoms with Crippen molar-refractivity contribution in [3.63, 3.8) is 0 Å². The monoisotopic (exact) mass is 370 g/mol. The van der Waals surface area contributed by atoms with Crippen LogP contribution >= 0.6 is 11.6 Å². The molecule has 26 heavy (non-hydrogen) atoms. The molecule has 0 saturated heterocycles. The molecule has 3 aromatic heterocycles. The highest BCUT2D eigenvalue weighted by atomic mass is 35.5. The van der Waals surface area contributed by atoms with Gasteiger partial charge in [0.1, 0.15) is 5.65 Å². The summed E-state index contributed by atoms with van der Waals surface area (Å²) in [6.45, 7) is 5.43. The zero-order valence-electron chi connectivity index (χ0n) is 15.3. The topological polar surface area (TPSA) is 63.0 Å². The van der Waals surface area contributed by atoms with Crippen LogP contribution in [-0.4, -0.2) is 26.2 Å². The molecule has 5 nitrogen and oxygen atoms in total. The average molecular weight is 371 g/mol. The molecule has 6 heteroatoms. The van der Waals surface area contributed by atoms with E-state index >= 15 is 0 Å². The second-order valence-electron chi connectivity index (χ2n) is 7.44. The summed E-state index contributed by atoms with van der Waals surface area (Å²) in [6.07, 6.45) is 4.07. The lowest BCUT2D eigenvalue weighted by Gasteiger charge is -2.32. The third kappa shape index (κ3) is 2.90. The van der Waals surface area contributed by atoms with E-state index in [2.05, 4.69) is 19.9 Å². The first-order valence-electron chi connectivity index (χ1n) is 8.86. The quantitative estimate of drug-likeness (QED) is 0.741. The first-order valence-corrected chi connectivity index (χ1v) is 9.23. The molecule has 4 rings (SSSR count). The van der Waals surface area contributed by atoms with Gasteiger partial charge in [-0.1, -0.05) is 17.7 Å². The molecule has 2 unspecified atom stereocenters. The molecule has 1 aliphatic heterocycles. The van der Waals surface area contributed by atoms with E-state index in [1.807, 2.05) is 39.1 Å². The summed E-state index contributed by atoms with van der Waals surface area (Å²) >= 11 is 6.17. The number of aliphatic hydroxyl groups is 1. The molecule has 2 N–H and O–H groups in total. The van der Waals surface area contributed by atoms with Crippen LogP contribution in [0.5, 0.6) is 0 Å². The van der Waals surface area contributed by atoms with Crippen LogP contribution in [0.15, 0.2) is 30.6 Å². The minimum absolute atomic E-state index is 0.174. The molecule has 0 aliphatic carbocycles. The number of hydrogen-bond acceptors (Lipinski definition) is 4. The molecule has 0 bridgehead atoms. The summed E-state index contributed by atoms with van der Waals surface area (Å²) in [5, 5.41) is 16.4. The van der Waals surface area contributed by atoms with Crippen LogP contribution in [0.3, 0.4) is 0 Å². The lowest BCUT2D eigenvalue weighted by Crippen LogP contribution is -2.34. The molecule has 136 valence electrons. The van der Waals surface area contributed by atoms with Crippen LogP contribution in [0.1, 0.15) is 41.8 Å². The maximum absolute atomic E-state index is 11.2. The van der Waals surface area contributed by atoms with Gasteiger partial charge in [-0.2, -0.15) is 0 Å². The number of aryl methyl sites for hydroxylation is 2. The Morgan fingerprint density at radius 1 is 1.35 bits per heavy atom. The molecule has 0 saturated carbocycles. The molecule has 2 atom stereocenters. The second kappa shape index (κ2) is 6.34. The van der Waals surface area contributed by atoms with Gasteiger partial charge in [0.05, 0.1) is 10.6 Å². The second-order valence-corrected chi connectivity index (χ2v) is 7.88. The molecule has 1 aliphatic rings. The van der Waals surface area contributed by atoms with Gasteiger partial charge in [-0.3, -0.25) is 4.98 Å². The Morgan fingerprint density at radius 2 is 2.15 bits per heavy atom. The van der Waals surface area contributed by atoms with E-state index in [0.717, 1.165) is 35.4 Å². The predicted molar refractivity (Wildman–Crippen MR) is 103 cm³/mol. The Morgan fingerprint density at radius 3 is 2.88 bits per heavy atom. The van der Waals surface area contributed by atoms with Crippen molar-refractivity contribution >= 4 is 22.6 Å². The minimum Gasteiger partial charge on any atom is -0.385 e.